The first kappa shape index (κ1) is 20.6. The molecule has 0 radical (unpaired) electrons. The predicted octanol–water partition coefficient (Wildman–Crippen LogP) is 3.60. The minimum atomic E-state index is 0.0811. The normalized spacial score (nSPS) is 25.0. The highest BCUT2D eigenvalue weighted by Crippen LogP contribution is 2.58. The molecular formula is C23H36N4O2. The van der Waals surface area contributed by atoms with Crippen LogP contribution in [-0.2, 0) is 4.74 Å². The fourth-order valence-electron chi connectivity index (χ4n) is 5.82. The molecule has 2 saturated heterocycles. The van der Waals surface area contributed by atoms with Crippen molar-refractivity contribution in [3.8, 4) is 0 Å². The van der Waals surface area contributed by atoms with Crippen LogP contribution in [0.15, 0.2) is 24.5 Å². The molecule has 0 aromatic carbocycles. The summed E-state index contributed by atoms with van der Waals surface area (Å²) in [4.78, 5) is 21.4. The Hall–Kier alpha value is -1.66. The highest BCUT2D eigenvalue weighted by Gasteiger charge is 2.54. The highest BCUT2D eigenvalue weighted by atomic mass is 16.5. The fourth-order valence-corrected chi connectivity index (χ4v) is 5.82. The minimum Gasteiger partial charge on any atom is -0.385 e. The van der Waals surface area contributed by atoms with Gasteiger partial charge in [-0.25, -0.2) is 4.79 Å². The lowest BCUT2D eigenvalue weighted by molar-refractivity contribution is -0.132. The summed E-state index contributed by atoms with van der Waals surface area (Å²) in [6.45, 7) is 4.31. The monoisotopic (exact) mass is 400 g/mol. The second-order valence-corrected chi connectivity index (χ2v) is 9.07. The van der Waals surface area contributed by atoms with Crippen molar-refractivity contribution >= 4 is 6.03 Å². The molecule has 160 valence electrons. The molecule has 29 heavy (non-hydrogen) atoms. The number of pyridine rings is 1. The van der Waals surface area contributed by atoms with Gasteiger partial charge in [-0.2, -0.15) is 0 Å². The molecule has 1 unspecified atom stereocenters. The van der Waals surface area contributed by atoms with Crippen LogP contribution in [0.5, 0.6) is 0 Å². The summed E-state index contributed by atoms with van der Waals surface area (Å²) in [5, 5.41) is 3.03. The van der Waals surface area contributed by atoms with Crippen molar-refractivity contribution in [2.75, 3.05) is 39.9 Å². The van der Waals surface area contributed by atoms with Gasteiger partial charge in [0.05, 0.1) is 0 Å². The maximum atomic E-state index is 12.4. The van der Waals surface area contributed by atoms with Crippen molar-refractivity contribution in [2.45, 2.75) is 63.5 Å². The van der Waals surface area contributed by atoms with E-state index >= 15 is 0 Å². The van der Waals surface area contributed by atoms with Gasteiger partial charge < -0.3 is 15.0 Å². The standard InChI is InChI=1S/C23H36N4O2/c1-29-17-5-12-25-22(28)26-15-8-20(9-16-26)27-18-23(10-3-2-4-11-23)21(27)19-6-13-24-14-7-19/h6-7,13-14,20-21H,2-5,8-12,15-18H2,1H3,(H,25,28). The van der Waals surface area contributed by atoms with Crippen LogP contribution in [0.4, 0.5) is 4.79 Å². The number of hydrogen-bond acceptors (Lipinski definition) is 4. The van der Waals surface area contributed by atoms with Crippen molar-refractivity contribution < 1.29 is 9.53 Å². The molecular weight excluding hydrogens is 364 g/mol. The van der Waals surface area contributed by atoms with Gasteiger partial charge in [-0.05, 0) is 49.8 Å². The molecule has 2 aliphatic heterocycles. The largest absolute Gasteiger partial charge is 0.385 e. The van der Waals surface area contributed by atoms with Crippen LogP contribution < -0.4 is 5.32 Å². The van der Waals surface area contributed by atoms with Crippen molar-refractivity contribution in [2.24, 2.45) is 5.41 Å². The summed E-state index contributed by atoms with van der Waals surface area (Å²) in [5.41, 5.74) is 1.90. The molecule has 1 aliphatic carbocycles. The van der Waals surface area contributed by atoms with Crippen molar-refractivity contribution in [1.82, 2.24) is 20.1 Å². The number of likely N-dealkylation sites (tertiary alicyclic amines) is 2. The first-order valence-electron chi connectivity index (χ1n) is 11.4. The molecule has 1 aromatic heterocycles. The van der Waals surface area contributed by atoms with E-state index in [4.69, 9.17) is 4.74 Å². The number of nitrogens with zero attached hydrogens (tertiary/aromatic N) is 3. The maximum absolute atomic E-state index is 12.4. The van der Waals surface area contributed by atoms with E-state index in [1.54, 1.807) is 7.11 Å². The first-order valence-corrected chi connectivity index (χ1v) is 11.4. The lowest BCUT2D eigenvalue weighted by atomic mass is 9.60. The number of amides is 2. The predicted molar refractivity (Wildman–Crippen MR) is 114 cm³/mol. The third kappa shape index (κ3) is 4.43. The summed E-state index contributed by atoms with van der Waals surface area (Å²) < 4.78 is 5.05. The second kappa shape index (κ2) is 9.43. The quantitative estimate of drug-likeness (QED) is 0.742. The molecule has 3 heterocycles. The van der Waals surface area contributed by atoms with Gasteiger partial charge >= 0.3 is 6.03 Å². The average Bonchev–Trinajstić information content (AvgIpc) is 2.76. The molecule has 1 spiro atoms. The van der Waals surface area contributed by atoms with E-state index in [0.29, 0.717) is 30.7 Å². The fraction of sp³-hybridized carbons (Fsp3) is 0.739. The number of piperidine rings is 1. The van der Waals surface area contributed by atoms with E-state index in [-0.39, 0.29) is 6.03 Å². The summed E-state index contributed by atoms with van der Waals surface area (Å²) >= 11 is 0. The molecule has 1 saturated carbocycles. The Kier molecular flexibility index (Phi) is 6.70. The van der Waals surface area contributed by atoms with E-state index in [1.165, 1.54) is 44.2 Å². The van der Waals surface area contributed by atoms with Gasteiger partial charge in [0, 0.05) is 69.8 Å². The van der Waals surface area contributed by atoms with Crippen molar-refractivity contribution in [1.29, 1.82) is 0 Å². The first-order chi connectivity index (χ1) is 14.2. The number of methoxy groups -OCH3 is 1. The highest BCUT2D eigenvalue weighted by molar-refractivity contribution is 5.74. The topological polar surface area (TPSA) is 57.7 Å². The molecule has 1 N–H and O–H groups in total. The Morgan fingerprint density at radius 1 is 1.21 bits per heavy atom. The number of urea groups is 1. The van der Waals surface area contributed by atoms with E-state index < -0.39 is 0 Å². The maximum Gasteiger partial charge on any atom is 0.317 e. The van der Waals surface area contributed by atoms with Gasteiger partial charge in [0.1, 0.15) is 0 Å². The van der Waals surface area contributed by atoms with Gasteiger partial charge in [0.25, 0.3) is 0 Å². The van der Waals surface area contributed by atoms with Gasteiger partial charge in [-0.15, -0.1) is 0 Å². The van der Waals surface area contributed by atoms with Crippen molar-refractivity contribution in [3.05, 3.63) is 30.1 Å². The van der Waals surface area contributed by atoms with Gasteiger partial charge in [-0.1, -0.05) is 19.3 Å². The number of aromatic nitrogens is 1. The summed E-state index contributed by atoms with van der Waals surface area (Å²) in [7, 11) is 1.69. The third-order valence-corrected chi connectivity index (χ3v) is 7.30. The van der Waals surface area contributed by atoms with Crippen LogP contribution in [0.1, 0.15) is 63.0 Å². The van der Waals surface area contributed by atoms with Gasteiger partial charge in [0.15, 0.2) is 0 Å². The molecule has 6 heteroatoms. The number of nitrogens with one attached hydrogen (secondary N) is 1. The Morgan fingerprint density at radius 3 is 2.62 bits per heavy atom. The van der Waals surface area contributed by atoms with Crippen LogP contribution in [-0.4, -0.2) is 66.8 Å². The SMILES string of the molecule is COCCCNC(=O)N1CCC(N2CC3(CCCCC3)C2c2ccncc2)CC1. The number of carbonyl (C=O) groups is 1. The lowest BCUT2D eigenvalue weighted by Crippen LogP contribution is -2.64. The smallest absolute Gasteiger partial charge is 0.317 e. The van der Waals surface area contributed by atoms with Crippen LogP contribution in [0.25, 0.3) is 0 Å². The number of carbonyl (C=O) groups excluding carboxylic acids is 1. The minimum absolute atomic E-state index is 0.0811. The molecule has 2 amide bonds. The number of hydrogen-bond donors (Lipinski definition) is 1. The lowest BCUT2D eigenvalue weighted by Gasteiger charge is -2.63. The Labute approximate surface area is 175 Å². The van der Waals surface area contributed by atoms with Crippen LogP contribution in [0, 0.1) is 5.41 Å². The van der Waals surface area contributed by atoms with Crippen molar-refractivity contribution in [3.63, 3.8) is 0 Å². The third-order valence-electron chi connectivity index (χ3n) is 7.30. The summed E-state index contributed by atoms with van der Waals surface area (Å²) in [6.07, 6.45) is 13.8. The Balaban J connectivity index is 1.35. The van der Waals surface area contributed by atoms with Crippen LogP contribution in [0.3, 0.4) is 0 Å². The molecule has 1 atom stereocenters. The van der Waals surface area contributed by atoms with E-state index in [0.717, 1.165) is 32.4 Å². The summed E-state index contributed by atoms with van der Waals surface area (Å²) in [6, 6.07) is 5.63. The van der Waals surface area contributed by atoms with E-state index in [9.17, 15) is 4.79 Å². The number of ether oxygens (including phenoxy) is 1. The molecule has 3 fully saturated rings. The van der Waals surface area contributed by atoms with E-state index in [1.807, 2.05) is 17.3 Å². The average molecular weight is 401 g/mol. The molecule has 1 aromatic rings. The zero-order valence-electron chi connectivity index (χ0n) is 17.8. The second-order valence-electron chi connectivity index (χ2n) is 9.07. The summed E-state index contributed by atoms with van der Waals surface area (Å²) in [5.74, 6) is 0. The van der Waals surface area contributed by atoms with Gasteiger partial charge in [0.2, 0.25) is 0 Å². The Bertz CT molecular complexity index is 654. The molecule has 3 aliphatic rings. The molecule has 0 bridgehead atoms. The Morgan fingerprint density at radius 2 is 1.93 bits per heavy atom. The molecule has 6 nitrogen and oxygen atoms in total. The zero-order valence-corrected chi connectivity index (χ0v) is 17.8. The van der Waals surface area contributed by atoms with Crippen LogP contribution >= 0.6 is 0 Å². The number of rotatable bonds is 6. The molecule has 4 rings (SSSR count). The van der Waals surface area contributed by atoms with Crippen LogP contribution in [0.2, 0.25) is 0 Å². The zero-order chi connectivity index (χ0) is 20.1. The van der Waals surface area contributed by atoms with E-state index in [2.05, 4.69) is 27.3 Å². The van der Waals surface area contributed by atoms with Gasteiger partial charge in [-0.3, -0.25) is 9.88 Å².